The molecule has 184 valence electrons. The summed E-state index contributed by atoms with van der Waals surface area (Å²) in [6, 6.07) is 0. The number of carbonyl (C=O) groups excluding carboxylic acids is 3. The number of rotatable bonds is 2. The maximum absolute atomic E-state index is 12.9. The Labute approximate surface area is 201 Å². The Morgan fingerprint density at radius 2 is 1.85 bits per heavy atom. The highest BCUT2D eigenvalue weighted by atomic mass is 16.6. The van der Waals surface area contributed by atoms with Crippen LogP contribution < -0.4 is 0 Å². The van der Waals surface area contributed by atoms with Gasteiger partial charge in [-0.2, -0.15) is 0 Å². The lowest BCUT2D eigenvalue weighted by atomic mass is 9.38. The molecule has 8 atom stereocenters. The predicted molar refractivity (Wildman–Crippen MR) is 125 cm³/mol. The molecule has 8 unspecified atom stereocenters. The molecule has 5 aliphatic rings. The van der Waals surface area contributed by atoms with Gasteiger partial charge in [0, 0.05) is 29.2 Å². The quantitative estimate of drug-likeness (QED) is 0.481. The molecule has 1 N–H and O–H groups in total. The fourth-order valence-corrected chi connectivity index (χ4v) is 8.78. The second-order valence-electron chi connectivity index (χ2n) is 12.3. The number of ether oxygens (including phenoxy) is 2. The molecule has 34 heavy (non-hydrogen) atoms. The van der Waals surface area contributed by atoms with Crippen molar-refractivity contribution >= 4 is 17.7 Å². The van der Waals surface area contributed by atoms with Gasteiger partial charge in [0.05, 0.1) is 0 Å². The Morgan fingerprint density at radius 1 is 1.15 bits per heavy atom. The molecule has 4 aliphatic carbocycles. The summed E-state index contributed by atoms with van der Waals surface area (Å²) >= 11 is 0. The molecule has 6 heteroatoms. The first-order chi connectivity index (χ1) is 15.8. The van der Waals surface area contributed by atoms with E-state index in [1.165, 1.54) is 12.5 Å². The van der Waals surface area contributed by atoms with Crippen LogP contribution in [0.3, 0.4) is 0 Å². The third-order valence-corrected chi connectivity index (χ3v) is 10.4. The smallest absolute Gasteiger partial charge is 0.336 e. The van der Waals surface area contributed by atoms with Crippen molar-refractivity contribution in [1.82, 2.24) is 0 Å². The summed E-state index contributed by atoms with van der Waals surface area (Å²) in [5.74, 6) is -0.454. The summed E-state index contributed by atoms with van der Waals surface area (Å²) in [4.78, 5) is 37.7. The van der Waals surface area contributed by atoms with E-state index in [4.69, 9.17) is 9.47 Å². The zero-order valence-electron chi connectivity index (χ0n) is 21.0. The van der Waals surface area contributed by atoms with Gasteiger partial charge in [-0.05, 0) is 60.5 Å². The van der Waals surface area contributed by atoms with Crippen molar-refractivity contribution in [3.8, 4) is 0 Å². The van der Waals surface area contributed by atoms with Crippen LogP contribution in [0.15, 0.2) is 35.5 Å². The molecular weight excluding hydrogens is 432 g/mol. The molecule has 0 radical (unpaired) electrons. The number of aliphatic hydroxyl groups is 1. The summed E-state index contributed by atoms with van der Waals surface area (Å²) in [6.07, 6.45) is 9.23. The Bertz CT molecular complexity index is 1060. The Morgan fingerprint density at radius 3 is 2.47 bits per heavy atom. The summed E-state index contributed by atoms with van der Waals surface area (Å²) in [7, 11) is 0. The van der Waals surface area contributed by atoms with Crippen LogP contribution >= 0.6 is 0 Å². The van der Waals surface area contributed by atoms with Gasteiger partial charge in [-0.25, -0.2) is 4.79 Å². The molecular formula is C28H36O6. The highest BCUT2D eigenvalue weighted by Gasteiger charge is 2.68. The normalized spacial score (nSPS) is 46.6. The highest BCUT2D eigenvalue weighted by molar-refractivity contribution is 5.96. The number of cyclic esters (lactones) is 1. The molecule has 0 bridgehead atoms. The monoisotopic (exact) mass is 468 g/mol. The van der Waals surface area contributed by atoms with Gasteiger partial charge in [0.1, 0.15) is 6.10 Å². The number of aliphatic hydroxyl groups excluding tert-OH is 1. The zero-order chi connectivity index (χ0) is 24.8. The van der Waals surface area contributed by atoms with E-state index in [-0.39, 0.29) is 46.4 Å². The van der Waals surface area contributed by atoms with Crippen LogP contribution in [0.5, 0.6) is 0 Å². The van der Waals surface area contributed by atoms with Gasteiger partial charge >= 0.3 is 11.9 Å². The van der Waals surface area contributed by atoms with Gasteiger partial charge in [-0.15, -0.1) is 0 Å². The fraction of sp³-hybridized carbons (Fsp3) is 0.679. The second-order valence-corrected chi connectivity index (χ2v) is 12.3. The molecule has 0 saturated heterocycles. The number of hydrogen-bond acceptors (Lipinski definition) is 6. The lowest BCUT2D eigenvalue weighted by molar-refractivity contribution is -0.187. The summed E-state index contributed by atoms with van der Waals surface area (Å²) in [6.45, 7) is 12.2. The standard InChI is InChI=1S/C28H36O6/c1-15(29)33-22-14-20-25(2,3)21(30)10-12-27(20,5)19-9-11-26(4)17(7-8-18(26)28(19,22)6)16-13-23(31)34-24(16)32/h8,10,12-13,17,19-20,22-23,31H,7,9,11,14H2,1-6H3. The average molecular weight is 469 g/mol. The van der Waals surface area contributed by atoms with Crippen LogP contribution in [0.4, 0.5) is 0 Å². The van der Waals surface area contributed by atoms with E-state index in [9.17, 15) is 19.5 Å². The van der Waals surface area contributed by atoms with Crippen molar-refractivity contribution in [3.63, 3.8) is 0 Å². The van der Waals surface area contributed by atoms with Gasteiger partial charge in [-0.1, -0.05) is 52.3 Å². The average Bonchev–Trinajstić information content (AvgIpc) is 3.25. The highest BCUT2D eigenvalue weighted by Crippen LogP contribution is 2.72. The molecule has 2 saturated carbocycles. The minimum atomic E-state index is -1.18. The van der Waals surface area contributed by atoms with Crippen molar-refractivity contribution < 1.29 is 29.0 Å². The van der Waals surface area contributed by atoms with E-state index >= 15 is 0 Å². The maximum atomic E-state index is 12.9. The first kappa shape index (κ1) is 23.5. The number of fused-ring (bicyclic) bond motifs is 5. The number of allylic oxidation sites excluding steroid dienone is 3. The van der Waals surface area contributed by atoms with Crippen LogP contribution in [-0.2, 0) is 23.9 Å². The van der Waals surface area contributed by atoms with Crippen LogP contribution in [0, 0.1) is 39.4 Å². The molecule has 0 aromatic carbocycles. The van der Waals surface area contributed by atoms with Crippen LogP contribution in [0.2, 0.25) is 0 Å². The van der Waals surface area contributed by atoms with Gasteiger partial charge in [0.2, 0.25) is 6.29 Å². The summed E-state index contributed by atoms with van der Waals surface area (Å²) < 4.78 is 11.1. The van der Waals surface area contributed by atoms with Gasteiger partial charge in [0.15, 0.2) is 5.78 Å². The summed E-state index contributed by atoms with van der Waals surface area (Å²) in [5.41, 5.74) is 0.310. The molecule has 0 spiro atoms. The van der Waals surface area contributed by atoms with Crippen LogP contribution in [0.1, 0.15) is 67.2 Å². The van der Waals surface area contributed by atoms with Crippen molar-refractivity contribution in [1.29, 1.82) is 0 Å². The Hall–Kier alpha value is -2.21. The molecule has 0 amide bonds. The minimum absolute atomic E-state index is 0.0600. The molecule has 2 fully saturated rings. The van der Waals surface area contributed by atoms with Gasteiger partial charge < -0.3 is 14.6 Å². The van der Waals surface area contributed by atoms with Gasteiger partial charge in [-0.3, -0.25) is 9.59 Å². The van der Waals surface area contributed by atoms with Crippen LogP contribution in [-0.4, -0.2) is 35.2 Å². The third kappa shape index (κ3) is 2.87. The summed E-state index contributed by atoms with van der Waals surface area (Å²) in [5, 5.41) is 9.89. The van der Waals surface area contributed by atoms with E-state index in [0.29, 0.717) is 18.4 Å². The second kappa shape index (κ2) is 7.16. The van der Waals surface area contributed by atoms with Crippen molar-refractivity contribution in [3.05, 3.63) is 35.5 Å². The molecule has 1 aliphatic heterocycles. The maximum Gasteiger partial charge on any atom is 0.336 e. The number of ketones is 1. The van der Waals surface area contributed by atoms with Gasteiger partial charge in [0.25, 0.3) is 0 Å². The topological polar surface area (TPSA) is 89.9 Å². The molecule has 0 aromatic rings. The predicted octanol–water partition coefficient (Wildman–Crippen LogP) is 4.28. The van der Waals surface area contributed by atoms with Crippen molar-refractivity contribution in [2.45, 2.75) is 79.6 Å². The van der Waals surface area contributed by atoms with E-state index in [2.05, 4.69) is 32.9 Å². The van der Waals surface area contributed by atoms with E-state index in [1.807, 2.05) is 13.8 Å². The zero-order valence-corrected chi connectivity index (χ0v) is 21.0. The van der Waals surface area contributed by atoms with Crippen molar-refractivity contribution in [2.24, 2.45) is 39.4 Å². The van der Waals surface area contributed by atoms with E-state index in [1.54, 1.807) is 12.2 Å². The number of esters is 2. The Kier molecular flexibility index (Phi) is 4.95. The molecule has 1 heterocycles. The minimum Gasteiger partial charge on any atom is -0.462 e. The lowest BCUT2D eigenvalue weighted by Crippen LogP contribution is -2.64. The van der Waals surface area contributed by atoms with Crippen LogP contribution in [0.25, 0.3) is 0 Å². The van der Waals surface area contributed by atoms with E-state index in [0.717, 1.165) is 12.8 Å². The Balaban J connectivity index is 1.62. The number of hydrogen-bond donors (Lipinski definition) is 1. The SMILES string of the molecule is CC(=O)OC1CC2C(C)(C)C(=O)C=CC2(C)C2CCC3(C)C(=CCC3C3=CC(O)OC3=O)C12C. The third-order valence-electron chi connectivity index (χ3n) is 10.4. The molecule has 0 aromatic heterocycles. The van der Waals surface area contributed by atoms with E-state index < -0.39 is 23.1 Å². The fourth-order valence-electron chi connectivity index (χ4n) is 8.78. The lowest BCUT2D eigenvalue weighted by Gasteiger charge is -2.66. The largest absolute Gasteiger partial charge is 0.462 e. The van der Waals surface area contributed by atoms with Crippen molar-refractivity contribution in [2.75, 3.05) is 0 Å². The first-order valence-corrected chi connectivity index (χ1v) is 12.5. The molecule has 6 nitrogen and oxygen atoms in total. The molecule has 5 rings (SSSR count). The first-order valence-electron chi connectivity index (χ1n) is 12.5. The number of carbonyl (C=O) groups is 3.